The average molecular weight is 433 g/mol. The molecule has 158 valence electrons. The minimum absolute atomic E-state index is 0.153. The zero-order chi connectivity index (χ0) is 22.2. The van der Waals surface area contributed by atoms with Gasteiger partial charge in [-0.1, -0.05) is 36.4 Å². The number of anilines is 3. The molecule has 0 aliphatic heterocycles. The molecule has 4 rings (SSSR count). The Kier molecular flexibility index (Phi) is 5.37. The van der Waals surface area contributed by atoms with Crippen LogP contribution in [0.15, 0.2) is 65.6 Å². The fraction of sp³-hybridized carbons (Fsp3) is 0.167. The number of hydrogen-bond donors (Lipinski definition) is 2. The zero-order valence-corrected chi connectivity index (χ0v) is 18.7. The molecule has 0 spiro atoms. The first-order valence-electron chi connectivity index (χ1n) is 9.95. The van der Waals surface area contributed by atoms with Crippen LogP contribution in [0, 0.1) is 27.7 Å². The van der Waals surface area contributed by atoms with Gasteiger partial charge in [0.25, 0.3) is 10.0 Å². The van der Waals surface area contributed by atoms with Crippen molar-refractivity contribution >= 4 is 38.4 Å². The molecule has 0 saturated heterocycles. The Morgan fingerprint density at radius 1 is 0.710 bits per heavy atom. The summed E-state index contributed by atoms with van der Waals surface area (Å²) in [6.45, 7) is 7.48. The maximum absolute atomic E-state index is 13.5. The minimum Gasteiger partial charge on any atom is -0.337 e. The van der Waals surface area contributed by atoms with Gasteiger partial charge in [-0.25, -0.2) is 18.4 Å². The van der Waals surface area contributed by atoms with Gasteiger partial charge >= 0.3 is 0 Å². The Labute approximate surface area is 182 Å². The van der Waals surface area contributed by atoms with Crippen molar-refractivity contribution in [2.24, 2.45) is 0 Å². The monoisotopic (exact) mass is 432 g/mol. The van der Waals surface area contributed by atoms with Gasteiger partial charge in [-0.2, -0.15) is 0 Å². The molecule has 0 atom stereocenters. The molecule has 0 aliphatic carbocycles. The number of fused-ring (bicyclic) bond motifs is 1. The van der Waals surface area contributed by atoms with Gasteiger partial charge in [0.1, 0.15) is 0 Å². The number of hydrogen-bond acceptors (Lipinski definition) is 5. The molecule has 0 aliphatic rings. The summed E-state index contributed by atoms with van der Waals surface area (Å²) in [7, 11) is -3.90. The number of nitrogens with one attached hydrogen (secondary N) is 2. The van der Waals surface area contributed by atoms with E-state index < -0.39 is 10.0 Å². The Balaban J connectivity index is 1.85. The van der Waals surface area contributed by atoms with Gasteiger partial charge in [0.2, 0.25) is 0 Å². The molecular formula is C24H24N4O2S. The van der Waals surface area contributed by atoms with Crippen molar-refractivity contribution in [1.82, 2.24) is 9.97 Å². The van der Waals surface area contributed by atoms with Crippen molar-refractivity contribution in [3.63, 3.8) is 0 Å². The third-order valence-electron chi connectivity index (χ3n) is 5.40. The van der Waals surface area contributed by atoms with Crippen LogP contribution in [0.1, 0.15) is 22.3 Å². The Morgan fingerprint density at radius 2 is 1.23 bits per heavy atom. The molecule has 0 saturated carbocycles. The lowest BCUT2D eigenvalue weighted by molar-refractivity contribution is 0.599. The second-order valence-electron chi connectivity index (χ2n) is 7.60. The number of aryl methyl sites for hydroxylation is 2. The lowest BCUT2D eigenvalue weighted by Crippen LogP contribution is -2.19. The first kappa shape index (κ1) is 20.8. The first-order valence-corrected chi connectivity index (χ1v) is 11.4. The number of rotatable bonds is 5. The standard InChI is InChI=1S/C24H24N4O2S/c1-15-14-16(2)18(4)22(17(15)3)31(29,30)28-24-23(25-19-10-6-5-7-11-19)26-20-12-8-9-13-21(20)27-24/h5-14H,1-4H3,(H,25,26)(H,27,28). The number of sulfonamides is 1. The van der Waals surface area contributed by atoms with Crippen molar-refractivity contribution < 1.29 is 8.42 Å². The molecule has 0 fully saturated rings. The van der Waals surface area contributed by atoms with E-state index in [-0.39, 0.29) is 10.7 Å². The maximum atomic E-state index is 13.5. The van der Waals surface area contributed by atoms with Crippen molar-refractivity contribution in [3.8, 4) is 0 Å². The van der Waals surface area contributed by atoms with Crippen molar-refractivity contribution in [1.29, 1.82) is 0 Å². The van der Waals surface area contributed by atoms with Crippen LogP contribution in [-0.2, 0) is 10.0 Å². The SMILES string of the molecule is Cc1cc(C)c(C)c(S(=O)(=O)Nc2nc3ccccc3nc2Nc2ccccc2)c1C. The molecule has 2 N–H and O–H groups in total. The second kappa shape index (κ2) is 8.00. The largest absolute Gasteiger partial charge is 0.337 e. The number of aromatic nitrogens is 2. The van der Waals surface area contributed by atoms with Gasteiger partial charge in [0.15, 0.2) is 11.6 Å². The van der Waals surface area contributed by atoms with Gasteiger partial charge in [-0.3, -0.25) is 4.72 Å². The average Bonchev–Trinajstić information content (AvgIpc) is 2.73. The highest BCUT2D eigenvalue weighted by Crippen LogP contribution is 2.31. The van der Waals surface area contributed by atoms with E-state index in [2.05, 4.69) is 20.0 Å². The van der Waals surface area contributed by atoms with Gasteiger partial charge in [-0.15, -0.1) is 0 Å². The molecule has 0 unspecified atom stereocenters. The third-order valence-corrected chi connectivity index (χ3v) is 7.02. The molecule has 1 heterocycles. The molecule has 31 heavy (non-hydrogen) atoms. The van der Waals surface area contributed by atoms with Crippen LogP contribution in [0.5, 0.6) is 0 Å². The van der Waals surface area contributed by atoms with E-state index >= 15 is 0 Å². The summed E-state index contributed by atoms with van der Waals surface area (Å²) in [5.74, 6) is 0.494. The van der Waals surface area contributed by atoms with Crippen LogP contribution in [0.25, 0.3) is 11.0 Å². The summed E-state index contributed by atoms with van der Waals surface area (Å²) in [6.07, 6.45) is 0. The maximum Gasteiger partial charge on any atom is 0.263 e. The van der Waals surface area contributed by atoms with Crippen LogP contribution in [-0.4, -0.2) is 18.4 Å². The van der Waals surface area contributed by atoms with E-state index in [0.29, 0.717) is 16.9 Å². The predicted octanol–water partition coefficient (Wildman–Crippen LogP) is 5.41. The molecule has 7 heteroatoms. The third kappa shape index (κ3) is 4.09. The van der Waals surface area contributed by atoms with Crippen LogP contribution in [0.2, 0.25) is 0 Å². The normalized spacial score (nSPS) is 11.5. The quantitative estimate of drug-likeness (QED) is 0.441. The van der Waals surface area contributed by atoms with Gasteiger partial charge in [0, 0.05) is 5.69 Å². The van der Waals surface area contributed by atoms with E-state index in [1.165, 1.54) is 0 Å². The summed E-state index contributed by atoms with van der Waals surface area (Å²) < 4.78 is 29.7. The molecule has 3 aromatic carbocycles. The van der Waals surface area contributed by atoms with Crippen LogP contribution >= 0.6 is 0 Å². The highest BCUT2D eigenvalue weighted by atomic mass is 32.2. The molecule has 0 radical (unpaired) electrons. The highest BCUT2D eigenvalue weighted by molar-refractivity contribution is 7.92. The fourth-order valence-electron chi connectivity index (χ4n) is 3.58. The van der Waals surface area contributed by atoms with E-state index in [0.717, 1.165) is 27.9 Å². The predicted molar refractivity (Wildman–Crippen MR) is 125 cm³/mol. The lowest BCUT2D eigenvalue weighted by Gasteiger charge is -2.18. The van der Waals surface area contributed by atoms with E-state index in [1.54, 1.807) is 6.07 Å². The Bertz CT molecular complexity index is 1360. The summed E-state index contributed by atoms with van der Waals surface area (Å²) in [5, 5.41) is 3.19. The number of nitrogens with zero attached hydrogens (tertiary/aromatic N) is 2. The highest BCUT2D eigenvalue weighted by Gasteiger charge is 2.24. The van der Waals surface area contributed by atoms with E-state index in [9.17, 15) is 8.42 Å². The van der Waals surface area contributed by atoms with Gasteiger partial charge in [0.05, 0.1) is 15.9 Å². The number of para-hydroxylation sites is 3. The molecule has 0 amide bonds. The van der Waals surface area contributed by atoms with Gasteiger partial charge < -0.3 is 5.32 Å². The van der Waals surface area contributed by atoms with Crippen molar-refractivity contribution in [3.05, 3.63) is 82.9 Å². The van der Waals surface area contributed by atoms with E-state index in [1.807, 2.05) is 82.3 Å². The van der Waals surface area contributed by atoms with Crippen molar-refractivity contribution in [2.75, 3.05) is 10.0 Å². The minimum atomic E-state index is -3.90. The second-order valence-corrected chi connectivity index (χ2v) is 9.21. The van der Waals surface area contributed by atoms with Gasteiger partial charge in [-0.05, 0) is 74.2 Å². The van der Waals surface area contributed by atoms with Crippen LogP contribution in [0.3, 0.4) is 0 Å². The zero-order valence-electron chi connectivity index (χ0n) is 17.9. The summed E-state index contributed by atoms with van der Waals surface area (Å²) >= 11 is 0. The molecule has 0 bridgehead atoms. The smallest absolute Gasteiger partial charge is 0.263 e. The van der Waals surface area contributed by atoms with Crippen LogP contribution < -0.4 is 10.0 Å². The first-order chi connectivity index (χ1) is 14.8. The molecule has 1 aromatic heterocycles. The summed E-state index contributed by atoms with van der Waals surface area (Å²) in [5.41, 5.74) is 5.36. The van der Waals surface area contributed by atoms with Crippen LogP contribution in [0.4, 0.5) is 17.3 Å². The summed E-state index contributed by atoms with van der Waals surface area (Å²) in [6, 6.07) is 18.8. The topological polar surface area (TPSA) is 84.0 Å². The Hall–Kier alpha value is -3.45. The molecule has 4 aromatic rings. The van der Waals surface area contributed by atoms with Crippen molar-refractivity contribution in [2.45, 2.75) is 32.6 Å². The molecular weight excluding hydrogens is 408 g/mol. The number of benzene rings is 3. The molecule has 6 nitrogen and oxygen atoms in total. The van der Waals surface area contributed by atoms with E-state index in [4.69, 9.17) is 0 Å². The Morgan fingerprint density at radius 3 is 1.81 bits per heavy atom. The lowest BCUT2D eigenvalue weighted by atomic mass is 10.0. The summed E-state index contributed by atoms with van der Waals surface area (Å²) in [4.78, 5) is 9.48. The fourth-order valence-corrected chi connectivity index (χ4v) is 5.21.